The Balaban J connectivity index is 1.58. The zero-order valence-electron chi connectivity index (χ0n) is 12.5. The van der Waals surface area contributed by atoms with Crippen LogP contribution in [0.15, 0.2) is 84.9 Å². The Morgan fingerprint density at radius 1 is 0.500 bits per heavy atom. The molecular formula is C20H20N2. The maximum atomic E-state index is 3.46. The van der Waals surface area contributed by atoms with Crippen LogP contribution in [0.25, 0.3) is 0 Å². The molecule has 0 aliphatic heterocycles. The molecule has 0 aromatic heterocycles. The van der Waals surface area contributed by atoms with Crippen LogP contribution < -0.4 is 10.6 Å². The summed E-state index contributed by atoms with van der Waals surface area (Å²) >= 11 is 0. The summed E-state index contributed by atoms with van der Waals surface area (Å²) in [7, 11) is 0. The van der Waals surface area contributed by atoms with Gasteiger partial charge in [0.1, 0.15) is 0 Å². The average Bonchev–Trinajstić information content (AvgIpc) is 2.60. The molecule has 0 amide bonds. The second-order valence-electron chi connectivity index (χ2n) is 5.26. The van der Waals surface area contributed by atoms with E-state index >= 15 is 0 Å². The molecule has 0 aliphatic rings. The molecule has 0 unspecified atom stereocenters. The number of hydrogen-bond acceptors (Lipinski definition) is 2. The number of rotatable bonds is 6. The van der Waals surface area contributed by atoms with E-state index in [-0.39, 0.29) is 0 Å². The van der Waals surface area contributed by atoms with E-state index in [4.69, 9.17) is 0 Å². The monoisotopic (exact) mass is 288 g/mol. The van der Waals surface area contributed by atoms with Crippen LogP contribution in [0.5, 0.6) is 0 Å². The van der Waals surface area contributed by atoms with E-state index in [2.05, 4.69) is 83.4 Å². The highest BCUT2D eigenvalue weighted by molar-refractivity contribution is 5.57. The van der Waals surface area contributed by atoms with Crippen molar-refractivity contribution < 1.29 is 0 Å². The molecule has 0 bridgehead atoms. The third kappa shape index (κ3) is 4.13. The standard InChI is InChI=1S/C20H20N2/c1-3-8-17(9-4-1)15-21-19-12-7-13-20(14-19)22-16-18-10-5-2-6-11-18/h1-14,21-22H,15-16H2. The topological polar surface area (TPSA) is 24.1 Å². The zero-order valence-corrected chi connectivity index (χ0v) is 12.5. The minimum Gasteiger partial charge on any atom is -0.381 e. The Bertz CT molecular complexity index is 634. The van der Waals surface area contributed by atoms with E-state index in [1.54, 1.807) is 0 Å². The third-order valence-electron chi connectivity index (χ3n) is 3.54. The lowest BCUT2D eigenvalue weighted by Crippen LogP contribution is -2.02. The predicted octanol–water partition coefficient (Wildman–Crippen LogP) is 4.91. The van der Waals surface area contributed by atoms with Gasteiger partial charge in [-0.1, -0.05) is 66.7 Å². The van der Waals surface area contributed by atoms with Crippen molar-refractivity contribution in [3.63, 3.8) is 0 Å². The summed E-state index contributed by atoms with van der Waals surface area (Å²) in [5, 5.41) is 6.92. The van der Waals surface area contributed by atoms with Gasteiger partial charge in [0.2, 0.25) is 0 Å². The molecule has 2 N–H and O–H groups in total. The van der Waals surface area contributed by atoms with E-state index in [1.807, 2.05) is 12.1 Å². The van der Waals surface area contributed by atoms with Crippen molar-refractivity contribution in [2.75, 3.05) is 10.6 Å². The highest BCUT2D eigenvalue weighted by atomic mass is 14.9. The Morgan fingerprint density at radius 3 is 1.41 bits per heavy atom. The Hall–Kier alpha value is -2.74. The van der Waals surface area contributed by atoms with Crippen LogP contribution in [0.2, 0.25) is 0 Å². The number of anilines is 2. The van der Waals surface area contributed by atoms with Crippen LogP contribution in [0.3, 0.4) is 0 Å². The molecule has 0 spiro atoms. The lowest BCUT2D eigenvalue weighted by atomic mass is 10.2. The molecule has 0 fully saturated rings. The molecule has 3 rings (SSSR count). The summed E-state index contributed by atoms with van der Waals surface area (Å²) in [6.45, 7) is 1.67. The van der Waals surface area contributed by atoms with Crippen LogP contribution in [-0.4, -0.2) is 0 Å². The zero-order chi connectivity index (χ0) is 15.0. The normalized spacial score (nSPS) is 10.2. The maximum absolute atomic E-state index is 3.46. The summed E-state index contributed by atoms with van der Waals surface area (Å²) in [4.78, 5) is 0. The summed E-state index contributed by atoms with van der Waals surface area (Å²) < 4.78 is 0. The molecular weight excluding hydrogens is 268 g/mol. The number of benzene rings is 3. The van der Waals surface area contributed by atoms with Gasteiger partial charge >= 0.3 is 0 Å². The minimum atomic E-state index is 0.836. The first kappa shape index (κ1) is 14.2. The van der Waals surface area contributed by atoms with Crippen molar-refractivity contribution in [2.45, 2.75) is 13.1 Å². The fraction of sp³-hybridized carbons (Fsp3) is 0.100. The van der Waals surface area contributed by atoms with E-state index in [9.17, 15) is 0 Å². The predicted molar refractivity (Wildman–Crippen MR) is 94.0 cm³/mol. The third-order valence-corrected chi connectivity index (χ3v) is 3.54. The van der Waals surface area contributed by atoms with Crippen LogP contribution >= 0.6 is 0 Å². The smallest absolute Gasteiger partial charge is 0.0400 e. The quantitative estimate of drug-likeness (QED) is 0.673. The molecule has 0 saturated heterocycles. The SMILES string of the molecule is c1ccc(CNc2cccc(NCc3ccccc3)c2)cc1. The van der Waals surface area contributed by atoms with E-state index in [0.29, 0.717) is 0 Å². The summed E-state index contributed by atoms with van der Waals surface area (Å²) in [6.07, 6.45) is 0. The molecule has 3 aromatic carbocycles. The lowest BCUT2D eigenvalue weighted by Gasteiger charge is -2.10. The first-order valence-corrected chi connectivity index (χ1v) is 7.56. The molecule has 110 valence electrons. The van der Waals surface area contributed by atoms with Gasteiger partial charge in [-0.3, -0.25) is 0 Å². The van der Waals surface area contributed by atoms with Gasteiger partial charge in [-0.05, 0) is 29.3 Å². The second kappa shape index (κ2) is 7.32. The van der Waals surface area contributed by atoms with Crippen LogP contribution in [0.1, 0.15) is 11.1 Å². The highest BCUT2D eigenvalue weighted by Gasteiger charge is 1.97. The van der Waals surface area contributed by atoms with E-state index in [1.165, 1.54) is 11.1 Å². The molecule has 2 nitrogen and oxygen atoms in total. The Kier molecular flexibility index (Phi) is 4.73. The van der Waals surface area contributed by atoms with Gasteiger partial charge in [-0.25, -0.2) is 0 Å². The first-order valence-electron chi connectivity index (χ1n) is 7.56. The van der Waals surface area contributed by atoms with Gasteiger partial charge in [0.25, 0.3) is 0 Å². The summed E-state index contributed by atoms with van der Waals surface area (Å²) in [5.41, 5.74) is 4.82. The van der Waals surface area contributed by atoms with Crippen molar-refractivity contribution in [1.29, 1.82) is 0 Å². The molecule has 2 heteroatoms. The highest BCUT2D eigenvalue weighted by Crippen LogP contribution is 2.17. The minimum absolute atomic E-state index is 0.836. The Morgan fingerprint density at radius 2 is 0.955 bits per heavy atom. The van der Waals surface area contributed by atoms with Crippen molar-refractivity contribution in [3.8, 4) is 0 Å². The fourth-order valence-electron chi connectivity index (χ4n) is 2.34. The molecule has 22 heavy (non-hydrogen) atoms. The van der Waals surface area contributed by atoms with Crippen LogP contribution in [0.4, 0.5) is 11.4 Å². The van der Waals surface area contributed by atoms with Gasteiger partial charge in [-0.2, -0.15) is 0 Å². The Labute approximate surface area is 131 Å². The molecule has 0 saturated carbocycles. The average molecular weight is 288 g/mol. The van der Waals surface area contributed by atoms with Crippen molar-refractivity contribution in [2.24, 2.45) is 0 Å². The number of hydrogen-bond donors (Lipinski definition) is 2. The maximum Gasteiger partial charge on any atom is 0.0400 e. The van der Waals surface area contributed by atoms with Crippen molar-refractivity contribution in [3.05, 3.63) is 96.1 Å². The van der Waals surface area contributed by atoms with Gasteiger partial charge in [0, 0.05) is 24.5 Å². The number of nitrogens with one attached hydrogen (secondary N) is 2. The summed E-state index contributed by atoms with van der Waals surface area (Å²) in [6, 6.07) is 29.3. The molecule has 0 heterocycles. The van der Waals surface area contributed by atoms with E-state index in [0.717, 1.165) is 24.5 Å². The van der Waals surface area contributed by atoms with Gasteiger partial charge in [0.05, 0.1) is 0 Å². The molecule has 0 atom stereocenters. The van der Waals surface area contributed by atoms with Crippen LogP contribution in [0, 0.1) is 0 Å². The largest absolute Gasteiger partial charge is 0.381 e. The van der Waals surface area contributed by atoms with Gasteiger partial charge in [0.15, 0.2) is 0 Å². The first-order chi connectivity index (χ1) is 10.9. The van der Waals surface area contributed by atoms with Crippen LogP contribution in [-0.2, 0) is 13.1 Å². The fourth-order valence-corrected chi connectivity index (χ4v) is 2.34. The van der Waals surface area contributed by atoms with Crippen molar-refractivity contribution >= 4 is 11.4 Å². The molecule has 3 aromatic rings. The lowest BCUT2D eigenvalue weighted by molar-refractivity contribution is 1.13. The molecule has 0 aliphatic carbocycles. The molecule has 0 radical (unpaired) electrons. The van der Waals surface area contributed by atoms with Gasteiger partial charge < -0.3 is 10.6 Å². The second-order valence-corrected chi connectivity index (χ2v) is 5.26. The van der Waals surface area contributed by atoms with Gasteiger partial charge in [-0.15, -0.1) is 0 Å². The van der Waals surface area contributed by atoms with Crippen molar-refractivity contribution in [1.82, 2.24) is 0 Å². The van der Waals surface area contributed by atoms with E-state index < -0.39 is 0 Å². The summed E-state index contributed by atoms with van der Waals surface area (Å²) in [5.74, 6) is 0.